The summed E-state index contributed by atoms with van der Waals surface area (Å²) in [5.74, 6) is 0. The lowest BCUT2D eigenvalue weighted by atomic mass is 9.88. The van der Waals surface area contributed by atoms with E-state index in [0.717, 1.165) is 0 Å². The predicted octanol–water partition coefficient (Wildman–Crippen LogP) is 0.868. The van der Waals surface area contributed by atoms with Crippen LogP contribution in [0.15, 0.2) is 0 Å². The van der Waals surface area contributed by atoms with Crippen LogP contribution in [-0.2, 0) is 4.79 Å². The van der Waals surface area contributed by atoms with Gasteiger partial charge in [0.05, 0.1) is 6.04 Å². The average molecular weight is 159 g/mol. The van der Waals surface area contributed by atoms with Crippen LogP contribution in [0.2, 0.25) is 0 Å². The average Bonchev–Trinajstić information content (AvgIpc) is 1.79. The van der Waals surface area contributed by atoms with Crippen LogP contribution in [-0.4, -0.2) is 23.5 Å². The summed E-state index contributed by atoms with van der Waals surface area (Å²) in [4.78, 5) is 20.5. The third-order valence-corrected chi connectivity index (χ3v) is 1.35. The van der Waals surface area contributed by atoms with E-state index in [-0.39, 0.29) is 5.41 Å². The van der Waals surface area contributed by atoms with Crippen molar-refractivity contribution in [3.8, 4) is 0 Å². The lowest BCUT2D eigenvalue weighted by Crippen LogP contribution is -2.44. The van der Waals surface area contributed by atoms with E-state index in [9.17, 15) is 9.59 Å². The largest absolute Gasteiger partial charge is 0.465 e. The Morgan fingerprint density at radius 2 is 2.00 bits per heavy atom. The van der Waals surface area contributed by atoms with Crippen LogP contribution < -0.4 is 5.32 Å². The minimum atomic E-state index is -1.17. The van der Waals surface area contributed by atoms with Crippen molar-refractivity contribution in [1.29, 1.82) is 0 Å². The molecule has 0 bridgehead atoms. The maximum absolute atomic E-state index is 10.4. The minimum absolute atomic E-state index is 0.361. The highest BCUT2D eigenvalue weighted by molar-refractivity contribution is 5.71. The zero-order valence-electron chi connectivity index (χ0n) is 6.92. The summed E-state index contributed by atoms with van der Waals surface area (Å²) in [6.45, 7) is 5.38. The highest BCUT2D eigenvalue weighted by atomic mass is 16.4. The van der Waals surface area contributed by atoms with Crippen LogP contribution in [0.5, 0.6) is 0 Å². The number of amides is 1. The second-order valence-electron chi connectivity index (χ2n) is 3.43. The molecule has 0 fully saturated rings. The van der Waals surface area contributed by atoms with E-state index in [0.29, 0.717) is 6.29 Å². The van der Waals surface area contributed by atoms with Gasteiger partial charge in [0.15, 0.2) is 0 Å². The second kappa shape index (κ2) is 3.37. The molecule has 0 spiro atoms. The Morgan fingerprint density at radius 3 is 2.09 bits per heavy atom. The summed E-state index contributed by atoms with van der Waals surface area (Å²) in [5.41, 5.74) is -0.361. The Balaban J connectivity index is 4.18. The van der Waals surface area contributed by atoms with Crippen molar-refractivity contribution < 1.29 is 14.7 Å². The van der Waals surface area contributed by atoms with Gasteiger partial charge in [-0.3, -0.25) is 0 Å². The SMILES string of the molecule is CC(C)(C)C(C=O)NC(=O)O. The molecule has 0 aliphatic rings. The Morgan fingerprint density at radius 1 is 1.55 bits per heavy atom. The fraction of sp³-hybridized carbons (Fsp3) is 0.714. The molecule has 0 radical (unpaired) electrons. The zero-order chi connectivity index (χ0) is 9.07. The summed E-state index contributed by atoms with van der Waals surface area (Å²) in [6, 6.07) is -0.639. The van der Waals surface area contributed by atoms with Crippen LogP contribution in [0.3, 0.4) is 0 Å². The first-order valence-electron chi connectivity index (χ1n) is 3.32. The number of aldehydes is 1. The highest BCUT2D eigenvalue weighted by Gasteiger charge is 2.25. The van der Waals surface area contributed by atoms with Gasteiger partial charge in [0, 0.05) is 0 Å². The third kappa shape index (κ3) is 3.60. The molecule has 0 heterocycles. The normalized spacial score (nSPS) is 13.7. The van der Waals surface area contributed by atoms with Gasteiger partial charge >= 0.3 is 6.09 Å². The molecule has 1 unspecified atom stereocenters. The summed E-state index contributed by atoms with van der Waals surface area (Å²) in [7, 11) is 0. The Hall–Kier alpha value is -1.06. The third-order valence-electron chi connectivity index (χ3n) is 1.35. The van der Waals surface area contributed by atoms with Crippen molar-refractivity contribution in [3.05, 3.63) is 0 Å². The fourth-order valence-corrected chi connectivity index (χ4v) is 0.588. The van der Waals surface area contributed by atoms with Crippen LogP contribution >= 0.6 is 0 Å². The van der Waals surface area contributed by atoms with Gasteiger partial charge in [-0.1, -0.05) is 20.8 Å². The monoisotopic (exact) mass is 159 g/mol. The van der Waals surface area contributed by atoms with Gasteiger partial charge in [-0.2, -0.15) is 0 Å². The summed E-state index contributed by atoms with van der Waals surface area (Å²) in [5, 5.41) is 10.4. The molecule has 1 amide bonds. The molecule has 11 heavy (non-hydrogen) atoms. The molecule has 0 aromatic rings. The van der Waals surface area contributed by atoms with Gasteiger partial charge in [-0.15, -0.1) is 0 Å². The van der Waals surface area contributed by atoms with E-state index >= 15 is 0 Å². The summed E-state index contributed by atoms with van der Waals surface area (Å²) in [6.07, 6.45) is -0.564. The van der Waals surface area contributed by atoms with E-state index in [1.54, 1.807) is 20.8 Å². The van der Waals surface area contributed by atoms with Gasteiger partial charge in [0.1, 0.15) is 6.29 Å². The Kier molecular flexibility index (Phi) is 3.04. The molecular formula is C7H13NO3. The number of hydrogen-bond donors (Lipinski definition) is 2. The Bertz CT molecular complexity index is 160. The van der Waals surface area contributed by atoms with Crippen molar-refractivity contribution in [2.45, 2.75) is 26.8 Å². The molecule has 64 valence electrons. The molecule has 0 aliphatic carbocycles. The minimum Gasteiger partial charge on any atom is -0.465 e. The van der Waals surface area contributed by atoms with Crippen LogP contribution in [0, 0.1) is 5.41 Å². The highest BCUT2D eigenvalue weighted by Crippen LogP contribution is 2.17. The molecule has 4 heteroatoms. The van der Waals surface area contributed by atoms with Crippen molar-refractivity contribution in [2.75, 3.05) is 0 Å². The molecule has 0 saturated carbocycles. The number of carboxylic acid groups (broad SMARTS) is 1. The summed E-state index contributed by atoms with van der Waals surface area (Å²) >= 11 is 0. The van der Waals surface area contributed by atoms with Gasteiger partial charge < -0.3 is 15.2 Å². The predicted molar refractivity (Wildman–Crippen MR) is 40.5 cm³/mol. The van der Waals surface area contributed by atoms with E-state index in [2.05, 4.69) is 5.32 Å². The number of rotatable bonds is 2. The summed E-state index contributed by atoms with van der Waals surface area (Å²) < 4.78 is 0. The van der Waals surface area contributed by atoms with Gasteiger partial charge in [0.2, 0.25) is 0 Å². The van der Waals surface area contributed by atoms with E-state index in [1.807, 2.05) is 0 Å². The van der Waals surface area contributed by atoms with Gasteiger partial charge in [-0.05, 0) is 5.41 Å². The molecule has 1 atom stereocenters. The van der Waals surface area contributed by atoms with E-state index < -0.39 is 12.1 Å². The number of hydrogen-bond acceptors (Lipinski definition) is 2. The van der Waals surface area contributed by atoms with Gasteiger partial charge in [-0.25, -0.2) is 4.79 Å². The Labute approximate surface area is 65.6 Å². The van der Waals surface area contributed by atoms with Crippen LogP contribution in [0.1, 0.15) is 20.8 Å². The van der Waals surface area contributed by atoms with E-state index in [4.69, 9.17) is 5.11 Å². The smallest absolute Gasteiger partial charge is 0.405 e. The number of carbonyl (C=O) groups excluding carboxylic acids is 1. The first-order valence-corrected chi connectivity index (χ1v) is 3.32. The second-order valence-corrected chi connectivity index (χ2v) is 3.43. The van der Waals surface area contributed by atoms with Gasteiger partial charge in [0.25, 0.3) is 0 Å². The molecule has 0 rings (SSSR count). The van der Waals surface area contributed by atoms with E-state index in [1.165, 1.54) is 0 Å². The quantitative estimate of drug-likeness (QED) is 0.587. The molecule has 4 nitrogen and oxygen atoms in total. The van der Waals surface area contributed by atoms with Crippen molar-refractivity contribution in [3.63, 3.8) is 0 Å². The lowest BCUT2D eigenvalue weighted by molar-refractivity contribution is -0.111. The first kappa shape index (κ1) is 9.94. The molecule has 0 saturated heterocycles. The fourth-order valence-electron chi connectivity index (χ4n) is 0.588. The zero-order valence-corrected chi connectivity index (χ0v) is 6.92. The molecular weight excluding hydrogens is 146 g/mol. The number of carbonyl (C=O) groups is 2. The van der Waals surface area contributed by atoms with Crippen molar-refractivity contribution in [1.82, 2.24) is 5.32 Å². The van der Waals surface area contributed by atoms with Crippen LogP contribution in [0.25, 0.3) is 0 Å². The lowest BCUT2D eigenvalue weighted by Gasteiger charge is -2.25. The maximum Gasteiger partial charge on any atom is 0.405 e. The topological polar surface area (TPSA) is 66.4 Å². The molecule has 0 aromatic carbocycles. The molecule has 2 N–H and O–H groups in total. The first-order chi connectivity index (χ1) is 4.88. The van der Waals surface area contributed by atoms with Crippen LogP contribution in [0.4, 0.5) is 4.79 Å². The standard InChI is InChI=1S/C7H13NO3/c1-7(2,3)5(4-9)8-6(10)11/h4-5,8H,1-3H3,(H,10,11). The van der Waals surface area contributed by atoms with Crippen molar-refractivity contribution >= 4 is 12.4 Å². The molecule has 0 aliphatic heterocycles. The molecule has 0 aromatic heterocycles. The maximum atomic E-state index is 10.4. The number of nitrogens with one attached hydrogen (secondary N) is 1. The van der Waals surface area contributed by atoms with Crippen molar-refractivity contribution in [2.24, 2.45) is 5.41 Å².